The van der Waals surface area contributed by atoms with E-state index in [9.17, 15) is 4.79 Å². The van der Waals surface area contributed by atoms with Crippen LogP contribution in [0.3, 0.4) is 0 Å². The average molecular weight is 415 g/mol. The summed E-state index contributed by atoms with van der Waals surface area (Å²) in [5.41, 5.74) is 4.99. The highest BCUT2D eigenvalue weighted by Crippen LogP contribution is 2.30. The van der Waals surface area contributed by atoms with Gasteiger partial charge in [0, 0.05) is 10.9 Å². The van der Waals surface area contributed by atoms with E-state index in [1.165, 1.54) is 0 Å². The normalized spacial score (nSPS) is 10.8. The number of carbonyl (C=O) groups excluding carboxylic acids is 1. The van der Waals surface area contributed by atoms with Crippen LogP contribution in [0.2, 0.25) is 0 Å². The Morgan fingerprint density at radius 3 is 2.55 bits per heavy atom. The van der Waals surface area contributed by atoms with Crippen molar-refractivity contribution in [1.29, 1.82) is 0 Å². The Kier molecular flexibility index (Phi) is 5.62. The first kappa shape index (κ1) is 20.5. The van der Waals surface area contributed by atoms with E-state index < -0.39 is 0 Å². The lowest BCUT2D eigenvalue weighted by atomic mass is 10.1. The fourth-order valence-corrected chi connectivity index (χ4v) is 3.52. The molecule has 1 amide bonds. The number of amides is 1. The second-order valence-electron chi connectivity index (χ2n) is 7.49. The van der Waals surface area contributed by atoms with E-state index in [-0.39, 0.29) is 5.91 Å². The van der Waals surface area contributed by atoms with Gasteiger partial charge in [0.25, 0.3) is 5.91 Å². The van der Waals surface area contributed by atoms with E-state index in [2.05, 4.69) is 15.3 Å². The van der Waals surface area contributed by atoms with Crippen molar-refractivity contribution in [2.75, 3.05) is 12.4 Å². The number of H-pyrrole nitrogens is 1. The largest absolute Gasteiger partial charge is 0.497 e. The molecule has 6 heteroatoms. The molecule has 6 nitrogen and oxygen atoms in total. The number of rotatable bonds is 6. The number of hydrogen-bond donors (Lipinski definition) is 2. The van der Waals surface area contributed by atoms with E-state index in [1.54, 1.807) is 13.2 Å². The lowest BCUT2D eigenvalue weighted by molar-refractivity contribution is 0.102. The van der Waals surface area contributed by atoms with Crippen LogP contribution in [0.5, 0.6) is 11.5 Å². The number of aryl methyl sites for hydroxylation is 1. The number of aromatic nitrogens is 2. The van der Waals surface area contributed by atoms with Crippen molar-refractivity contribution in [2.45, 2.75) is 27.4 Å². The SMILES string of the molecule is COc1ccc2[nH]c(C(=O)Nc3nc(C)c(OCc4ccccc4)c(C)c3C)cc2c1. The predicted octanol–water partition coefficient (Wildman–Crippen LogP) is 5.33. The van der Waals surface area contributed by atoms with Crippen molar-refractivity contribution < 1.29 is 14.3 Å². The van der Waals surface area contributed by atoms with E-state index >= 15 is 0 Å². The number of benzene rings is 2. The summed E-state index contributed by atoms with van der Waals surface area (Å²) in [6.07, 6.45) is 0. The molecule has 4 rings (SSSR count). The molecule has 0 atom stereocenters. The van der Waals surface area contributed by atoms with Crippen molar-refractivity contribution in [1.82, 2.24) is 9.97 Å². The molecule has 0 radical (unpaired) electrons. The molecule has 2 N–H and O–H groups in total. The van der Waals surface area contributed by atoms with Crippen LogP contribution in [0.15, 0.2) is 54.6 Å². The van der Waals surface area contributed by atoms with Crippen LogP contribution in [-0.2, 0) is 6.61 Å². The van der Waals surface area contributed by atoms with Gasteiger partial charge in [0.2, 0.25) is 0 Å². The number of nitrogens with zero attached hydrogens (tertiary/aromatic N) is 1. The van der Waals surface area contributed by atoms with Crippen molar-refractivity contribution in [3.05, 3.63) is 82.7 Å². The van der Waals surface area contributed by atoms with E-state index in [0.717, 1.165) is 44.8 Å². The maximum Gasteiger partial charge on any atom is 0.273 e. The third-order valence-electron chi connectivity index (χ3n) is 5.40. The third-order valence-corrected chi connectivity index (χ3v) is 5.40. The highest BCUT2D eigenvalue weighted by atomic mass is 16.5. The molecule has 2 aromatic carbocycles. The van der Waals surface area contributed by atoms with Gasteiger partial charge in [-0.1, -0.05) is 30.3 Å². The second kappa shape index (κ2) is 8.52. The van der Waals surface area contributed by atoms with Crippen molar-refractivity contribution in [3.63, 3.8) is 0 Å². The van der Waals surface area contributed by atoms with E-state index in [0.29, 0.717) is 18.1 Å². The van der Waals surface area contributed by atoms with Crippen LogP contribution in [0, 0.1) is 20.8 Å². The minimum atomic E-state index is -0.248. The molecule has 0 aliphatic carbocycles. The van der Waals surface area contributed by atoms with E-state index in [1.807, 2.05) is 69.3 Å². The molecule has 0 fully saturated rings. The van der Waals surface area contributed by atoms with Gasteiger partial charge in [-0.25, -0.2) is 4.98 Å². The summed E-state index contributed by atoms with van der Waals surface area (Å²) in [7, 11) is 1.62. The Labute approximate surface area is 181 Å². The van der Waals surface area contributed by atoms with Crippen LogP contribution in [0.25, 0.3) is 10.9 Å². The Balaban J connectivity index is 1.55. The summed E-state index contributed by atoms with van der Waals surface area (Å²) >= 11 is 0. The molecule has 0 aliphatic rings. The number of methoxy groups -OCH3 is 1. The van der Waals surface area contributed by atoms with Gasteiger partial charge >= 0.3 is 0 Å². The van der Waals surface area contributed by atoms with Gasteiger partial charge in [-0.3, -0.25) is 4.79 Å². The van der Waals surface area contributed by atoms with Crippen molar-refractivity contribution >= 4 is 22.6 Å². The number of pyridine rings is 1. The molecular weight excluding hydrogens is 390 g/mol. The van der Waals surface area contributed by atoms with Gasteiger partial charge in [-0.05, 0) is 61.7 Å². The van der Waals surface area contributed by atoms with Gasteiger partial charge in [-0.15, -0.1) is 0 Å². The minimum Gasteiger partial charge on any atom is -0.497 e. The molecule has 0 bridgehead atoms. The van der Waals surface area contributed by atoms with Gasteiger partial charge in [0.1, 0.15) is 29.6 Å². The summed E-state index contributed by atoms with van der Waals surface area (Å²) < 4.78 is 11.3. The Hall–Kier alpha value is -3.80. The monoisotopic (exact) mass is 415 g/mol. The zero-order chi connectivity index (χ0) is 22.0. The molecule has 0 unspecified atom stereocenters. The Morgan fingerprint density at radius 1 is 1.03 bits per heavy atom. The maximum absolute atomic E-state index is 12.9. The first-order valence-corrected chi connectivity index (χ1v) is 10.1. The summed E-state index contributed by atoms with van der Waals surface area (Å²) in [5.74, 6) is 1.77. The predicted molar refractivity (Wildman–Crippen MR) is 122 cm³/mol. The van der Waals surface area contributed by atoms with Gasteiger partial charge in [0.15, 0.2) is 0 Å². The van der Waals surface area contributed by atoms with Gasteiger partial charge in [-0.2, -0.15) is 0 Å². The van der Waals surface area contributed by atoms with Crippen LogP contribution in [-0.4, -0.2) is 23.0 Å². The number of fused-ring (bicyclic) bond motifs is 1. The summed E-state index contributed by atoms with van der Waals surface area (Å²) in [6, 6.07) is 17.4. The molecule has 2 heterocycles. The standard InChI is InChI=1S/C25H25N3O3/c1-15-16(2)24(26-17(3)23(15)31-14-18-8-6-5-7-9-18)28-25(29)22-13-19-12-20(30-4)10-11-21(19)27-22/h5-13,27H,14H2,1-4H3,(H,26,28,29). The Bertz CT molecular complexity index is 1250. The smallest absolute Gasteiger partial charge is 0.273 e. The molecule has 4 aromatic rings. The molecule has 0 spiro atoms. The number of nitrogens with one attached hydrogen (secondary N) is 2. The fourth-order valence-electron chi connectivity index (χ4n) is 3.52. The van der Waals surface area contributed by atoms with E-state index in [4.69, 9.17) is 9.47 Å². The average Bonchev–Trinajstić information content (AvgIpc) is 3.21. The van der Waals surface area contributed by atoms with Crippen LogP contribution >= 0.6 is 0 Å². The van der Waals surface area contributed by atoms with Crippen LogP contribution < -0.4 is 14.8 Å². The molecule has 0 saturated carbocycles. The molecule has 158 valence electrons. The first-order valence-electron chi connectivity index (χ1n) is 10.1. The summed E-state index contributed by atoms with van der Waals surface area (Å²) in [4.78, 5) is 20.6. The highest BCUT2D eigenvalue weighted by molar-refractivity contribution is 6.06. The summed E-state index contributed by atoms with van der Waals surface area (Å²) in [6.45, 7) is 6.27. The van der Waals surface area contributed by atoms with Crippen LogP contribution in [0.4, 0.5) is 5.82 Å². The highest BCUT2D eigenvalue weighted by Gasteiger charge is 2.17. The fraction of sp³-hybridized carbons (Fsp3) is 0.200. The van der Waals surface area contributed by atoms with Gasteiger partial charge < -0.3 is 19.8 Å². The molecule has 2 aromatic heterocycles. The maximum atomic E-state index is 12.9. The van der Waals surface area contributed by atoms with Crippen molar-refractivity contribution in [3.8, 4) is 11.5 Å². The molecule has 31 heavy (non-hydrogen) atoms. The summed E-state index contributed by atoms with van der Waals surface area (Å²) in [5, 5.41) is 3.84. The quantitative estimate of drug-likeness (QED) is 0.446. The Morgan fingerprint density at radius 2 is 1.81 bits per heavy atom. The van der Waals surface area contributed by atoms with Crippen LogP contribution in [0.1, 0.15) is 32.9 Å². The zero-order valence-corrected chi connectivity index (χ0v) is 18.1. The topological polar surface area (TPSA) is 76.2 Å². The lowest BCUT2D eigenvalue weighted by Gasteiger charge is -2.17. The zero-order valence-electron chi connectivity index (χ0n) is 18.1. The number of anilines is 1. The second-order valence-corrected chi connectivity index (χ2v) is 7.49. The van der Waals surface area contributed by atoms with Gasteiger partial charge in [0.05, 0.1) is 12.8 Å². The number of aromatic amines is 1. The molecular formula is C25H25N3O3. The molecule has 0 saturated heterocycles. The molecule has 0 aliphatic heterocycles. The number of ether oxygens (including phenoxy) is 2. The first-order chi connectivity index (χ1) is 15.0. The number of hydrogen-bond acceptors (Lipinski definition) is 4. The lowest BCUT2D eigenvalue weighted by Crippen LogP contribution is -2.16. The third kappa shape index (κ3) is 4.23. The van der Waals surface area contributed by atoms with Crippen molar-refractivity contribution in [2.24, 2.45) is 0 Å². The number of carbonyl (C=O) groups is 1. The minimum absolute atomic E-state index is 0.248.